The summed E-state index contributed by atoms with van der Waals surface area (Å²) in [5.41, 5.74) is 0. The molecule has 1 fully saturated rings. The van der Waals surface area contributed by atoms with Gasteiger partial charge in [-0.3, -0.25) is 0 Å². The van der Waals surface area contributed by atoms with Gasteiger partial charge in [0.2, 0.25) is 0 Å². The van der Waals surface area contributed by atoms with Crippen molar-refractivity contribution in [1.82, 2.24) is 0 Å². The van der Waals surface area contributed by atoms with Crippen LogP contribution in [0.1, 0.15) is 92.9 Å². The summed E-state index contributed by atoms with van der Waals surface area (Å²) in [5, 5.41) is 10.9. The molecule has 1 unspecified atom stereocenters. The lowest BCUT2D eigenvalue weighted by atomic mass is 9.89. The Balaban J connectivity index is 3.11. The van der Waals surface area contributed by atoms with E-state index in [0.717, 1.165) is 51.4 Å². The van der Waals surface area contributed by atoms with Gasteiger partial charge in [-0.05, 0) is 31.6 Å². The second-order valence-corrected chi connectivity index (χ2v) is 8.99. The predicted molar refractivity (Wildman–Crippen MR) is 124 cm³/mol. The second-order valence-electron chi connectivity index (χ2n) is 8.99. The molecule has 0 amide bonds. The first kappa shape index (κ1) is 28.8. The van der Waals surface area contributed by atoms with Crippen LogP contribution >= 0.6 is 0 Å². The van der Waals surface area contributed by atoms with Crippen molar-refractivity contribution in [3.63, 3.8) is 0 Å². The van der Waals surface area contributed by atoms with E-state index in [2.05, 4.69) is 41.5 Å². The number of ether oxygens (including phenoxy) is 5. The normalized spacial score (nSPS) is 27.7. The van der Waals surface area contributed by atoms with Crippen LogP contribution in [0.25, 0.3) is 0 Å². The van der Waals surface area contributed by atoms with Crippen molar-refractivity contribution in [2.24, 2.45) is 5.92 Å². The predicted octanol–water partition coefficient (Wildman–Crippen LogP) is 5.10. The minimum absolute atomic E-state index is 0.179. The molecule has 6 atom stereocenters. The molecule has 0 aliphatic carbocycles. The lowest BCUT2D eigenvalue weighted by Crippen LogP contribution is -2.64. The Kier molecular flexibility index (Phi) is 16.0. The topological polar surface area (TPSA) is 66.4 Å². The van der Waals surface area contributed by atoms with Crippen molar-refractivity contribution in [2.45, 2.75) is 130 Å². The van der Waals surface area contributed by atoms with Gasteiger partial charge in [0, 0.05) is 26.4 Å². The maximum Gasteiger partial charge on any atom is 0.184 e. The van der Waals surface area contributed by atoms with Crippen molar-refractivity contribution in [3.8, 4) is 0 Å². The molecule has 186 valence electrons. The quantitative estimate of drug-likeness (QED) is 0.296. The number of unbranched alkanes of at least 4 members (excludes halogenated alkanes) is 4. The fraction of sp³-hybridized carbons (Fsp3) is 1.00. The Morgan fingerprint density at radius 1 is 0.677 bits per heavy atom. The van der Waals surface area contributed by atoms with Gasteiger partial charge in [0.1, 0.15) is 24.4 Å². The average molecular weight is 447 g/mol. The highest BCUT2D eigenvalue weighted by Gasteiger charge is 2.51. The Bertz CT molecular complexity index is 419. The summed E-state index contributed by atoms with van der Waals surface area (Å²) in [6, 6.07) is 0. The molecule has 1 rings (SSSR count). The third-order valence-electron chi connectivity index (χ3n) is 5.76. The summed E-state index contributed by atoms with van der Waals surface area (Å²) >= 11 is 0. The minimum Gasteiger partial charge on any atom is -0.375 e. The van der Waals surface area contributed by atoms with E-state index in [1.54, 1.807) is 0 Å². The van der Waals surface area contributed by atoms with Gasteiger partial charge in [-0.15, -0.1) is 0 Å². The molecule has 0 aromatic heterocycles. The van der Waals surface area contributed by atoms with Gasteiger partial charge in [-0.25, -0.2) is 0 Å². The van der Waals surface area contributed by atoms with Gasteiger partial charge in [-0.2, -0.15) is 0 Å². The van der Waals surface area contributed by atoms with E-state index in [-0.39, 0.29) is 24.2 Å². The fourth-order valence-corrected chi connectivity index (χ4v) is 3.79. The molecule has 6 heteroatoms. The van der Waals surface area contributed by atoms with Gasteiger partial charge in [0.05, 0.1) is 6.10 Å². The molecule has 1 heterocycles. The van der Waals surface area contributed by atoms with E-state index in [9.17, 15) is 5.11 Å². The highest BCUT2D eigenvalue weighted by Crippen LogP contribution is 2.32. The number of aliphatic hydroxyl groups excluding tert-OH is 1. The molecule has 0 aromatic carbocycles. The first-order valence-electron chi connectivity index (χ1n) is 12.8. The minimum atomic E-state index is -1.06. The fourth-order valence-electron chi connectivity index (χ4n) is 3.79. The maximum absolute atomic E-state index is 10.9. The molecule has 0 spiro atoms. The van der Waals surface area contributed by atoms with Crippen molar-refractivity contribution in [3.05, 3.63) is 0 Å². The van der Waals surface area contributed by atoms with Crippen LogP contribution in [0.2, 0.25) is 0 Å². The average Bonchev–Trinajstić information content (AvgIpc) is 2.74. The highest BCUT2D eigenvalue weighted by atomic mass is 16.7. The van der Waals surface area contributed by atoms with Crippen LogP contribution in [-0.2, 0) is 23.7 Å². The molecule has 0 saturated carbocycles. The Hall–Kier alpha value is -0.240. The standard InChI is InChI=1S/C25H50O6/c1-7-11-15-27-20(19(5)6)23-21(28-16-12-8-2)22(29-17-13-9-3)24(25(26)31-23)30-18-14-10-4/h19-26H,7-18H2,1-6H3/t20-,21+,22+,23-,24-,25?/m1/s1. The summed E-state index contributed by atoms with van der Waals surface area (Å²) in [6.45, 7) is 15.3. The molecule has 31 heavy (non-hydrogen) atoms. The molecule has 1 saturated heterocycles. The van der Waals surface area contributed by atoms with E-state index in [0.29, 0.717) is 26.4 Å². The number of aliphatic hydroxyl groups is 1. The van der Waals surface area contributed by atoms with Crippen LogP contribution in [-0.4, -0.2) is 68.3 Å². The number of hydrogen-bond donors (Lipinski definition) is 1. The molecular weight excluding hydrogens is 396 g/mol. The number of hydrogen-bond acceptors (Lipinski definition) is 6. The van der Waals surface area contributed by atoms with Gasteiger partial charge < -0.3 is 28.8 Å². The van der Waals surface area contributed by atoms with Gasteiger partial charge in [-0.1, -0.05) is 67.2 Å². The molecule has 6 nitrogen and oxygen atoms in total. The van der Waals surface area contributed by atoms with Crippen LogP contribution < -0.4 is 0 Å². The molecule has 0 aromatic rings. The van der Waals surface area contributed by atoms with E-state index >= 15 is 0 Å². The van der Waals surface area contributed by atoms with Crippen LogP contribution in [0.5, 0.6) is 0 Å². The molecule has 0 radical (unpaired) electrons. The zero-order valence-corrected chi connectivity index (χ0v) is 21.0. The monoisotopic (exact) mass is 446 g/mol. The molecule has 1 aliphatic heterocycles. The zero-order valence-electron chi connectivity index (χ0n) is 21.0. The summed E-state index contributed by atoms with van der Waals surface area (Å²) in [4.78, 5) is 0. The van der Waals surface area contributed by atoms with Crippen LogP contribution in [0.15, 0.2) is 0 Å². The summed E-state index contributed by atoms with van der Waals surface area (Å²) < 4.78 is 31.2. The van der Waals surface area contributed by atoms with Gasteiger partial charge >= 0.3 is 0 Å². The van der Waals surface area contributed by atoms with E-state index in [1.807, 2.05) is 0 Å². The van der Waals surface area contributed by atoms with Crippen molar-refractivity contribution >= 4 is 0 Å². The Labute approximate surface area is 191 Å². The van der Waals surface area contributed by atoms with Crippen molar-refractivity contribution in [2.75, 3.05) is 26.4 Å². The molecule has 1 N–H and O–H groups in total. The van der Waals surface area contributed by atoms with E-state index in [4.69, 9.17) is 23.7 Å². The van der Waals surface area contributed by atoms with Crippen LogP contribution in [0.4, 0.5) is 0 Å². The third-order valence-corrected chi connectivity index (χ3v) is 5.76. The molecule has 0 bridgehead atoms. The lowest BCUT2D eigenvalue weighted by Gasteiger charge is -2.47. The van der Waals surface area contributed by atoms with E-state index < -0.39 is 18.5 Å². The van der Waals surface area contributed by atoms with Gasteiger partial charge in [0.25, 0.3) is 0 Å². The van der Waals surface area contributed by atoms with Crippen LogP contribution in [0.3, 0.4) is 0 Å². The molecule has 1 aliphatic rings. The van der Waals surface area contributed by atoms with Crippen molar-refractivity contribution in [1.29, 1.82) is 0 Å². The summed E-state index contributed by atoms with van der Waals surface area (Å²) in [5.74, 6) is 0.222. The Morgan fingerprint density at radius 2 is 1.13 bits per heavy atom. The Morgan fingerprint density at radius 3 is 1.61 bits per heavy atom. The molecular formula is C25H50O6. The second kappa shape index (κ2) is 17.3. The van der Waals surface area contributed by atoms with E-state index in [1.165, 1.54) is 0 Å². The largest absolute Gasteiger partial charge is 0.375 e. The lowest BCUT2D eigenvalue weighted by molar-refractivity contribution is -0.324. The third kappa shape index (κ3) is 10.1. The first-order valence-corrected chi connectivity index (χ1v) is 12.8. The SMILES string of the molecule is CCCCO[C@@H]1[C@@H]([C@H](OCCCC)C(C)C)OC(O)[C@H](OCCCC)[C@H]1OCCCC. The highest BCUT2D eigenvalue weighted by molar-refractivity contribution is 4.96. The maximum atomic E-state index is 10.9. The van der Waals surface area contributed by atoms with Crippen molar-refractivity contribution < 1.29 is 28.8 Å². The van der Waals surface area contributed by atoms with Crippen LogP contribution in [0, 0.1) is 5.92 Å². The number of rotatable bonds is 18. The van der Waals surface area contributed by atoms with Gasteiger partial charge in [0.15, 0.2) is 6.29 Å². The summed E-state index contributed by atoms with van der Waals surface area (Å²) in [7, 11) is 0. The first-order chi connectivity index (χ1) is 15.0. The zero-order chi connectivity index (χ0) is 23.1. The summed E-state index contributed by atoms with van der Waals surface area (Å²) in [6.07, 6.45) is 5.15. The smallest absolute Gasteiger partial charge is 0.184 e.